The Morgan fingerprint density at radius 1 is 1.00 bits per heavy atom. The van der Waals surface area contributed by atoms with E-state index in [1.807, 2.05) is 0 Å². The Morgan fingerprint density at radius 3 is 2.09 bits per heavy atom. The molecule has 0 bridgehead atoms. The maximum atomic E-state index is 12.1. The molecule has 1 rings (SSSR count). The van der Waals surface area contributed by atoms with Crippen molar-refractivity contribution >= 4 is 11.9 Å². The maximum absolute atomic E-state index is 12.1. The first kappa shape index (κ1) is 19.1. The van der Waals surface area contributed by atoms with E-state index in [0.29, 0.717) is 12.8 Å². The van der Waals surface area contributed by atoms with Gasteiger partial charge in [0.25, 0.3) is 0 Å². The zero-order valence-corrected chi connectivity index (χ0v) is 13.9. The molecule has 22 heavy (non-hydrogen) atoms. The molecule has 2 N–H and O–H groups in total. The van der Waals surface area contributed by atoms with Crippen molar-refractivity contribution in [3.8, 4) is 0 Å². The van der Waals surface area contributed by atoms with Crippen LogP contribution in [-0.4, -0.2) is 39.4 Å². The summed E-state index contributed by atoms with van der Waals surface area (Å²) in [4.78, 5) is 23.3. The van der Waals surface area contributed by atoms with Gasteiger partial charge in [-0.2, -0.15) is 0 Å². The summed E-state index contributed by atoms with van der Waals surface area (Å²) in [6.45, 7) is 2.45. The van der Waals surface area contributed by atoms with Crippen LogP contribution >= 0.6 is 0 Å². The number of quaternary nitrogens is 1. The molecule has 1 aliphatic rings. The van der Waals surface area contributed by atoms with Crippen LogP contribution in [0.15, 0.2) is 0 Å². The van der Waals surface area contributed by atoms with Gasteiger partial charge in [-0.25, -0.2) is 14.8 Å². The maximum Gasteiger partial charge on any atom is 0.366 e. The first-order valence-corrected chi connectivity index (χ1v) is 8.89. The number of rotatable bonds is 11. The molecule has 2 atom stereocenters. The average Bonchev–Trinajstić information content (AvgIpc) is 2.89. The van der Waals surface area contributed by atoms with Crippen LogP contribution in [0.1, 0.15) is 84.0 Å². The van der Waals surface area contributed by atoms with Crippen LogP contribution in [0.5, 0.6) is 0 Å². The van der Waals surface area contributed by atoms with Crippen LogP contribution in [0.4, 0.5) is 0 Å². The van der Waals surface area contributed by atoms with Crippen LogP contribution in [-0.2, 0) is 9.59 Å². The van der Waals surface area contributed by atoms with Crippen molar-refractivity contribution in [1.29, 1.82) is 0 Å². The number of carboxylic acid groups (broad SMARTS) is 1. The monoisotopic (exact) mass is 314 g/mol. The SMILES string of the molecule is CCCCCCCCCCCC(=O)[N+]1(O)CCC[C@H]1C(=O)O. The van der Waals surface area contributed by atoms with Crippen molar-refractivity contribution in [1.82, 2.24) is 0 Å². The van der Waals surface area contributed by atoms with E-state index in [9.17, 15) is 14.8 Å². The predicted octanol–water partition coefficient (Wildman–Crippen LogP) is 3.89. The summed E-state index contributed by atoms with van der Waals surface area (Å²) in [6.07, 6.45) is 11.8. The van der Waals surface area contributed by atoms with E-state index in [1.165, 1.54) is 38.5 Å². The number of hydrogen-bond donors (Lipinski definition) is 2. The van der Waals surface area contributed by atoms with Crippen LogP contribution in [0.2, 0.25) is 0 Å². The Labute approximate surface area is 133 Å². The summed E-state index contributed by atoms with van der Waals surface area (Å²) in [7, 11) is 0. The Bertz CT molecular complexity index is 359. The lowest BCUT2D eigenvalue weighted by molar-refractivity contribution is -1.04. The fourth-order valence-corrected chi connectivity index (χ4v) is 3.28. The number of carboxylic acids is 1. The van der Waals surface area contributed by atoms with Gasteiger partial charge in [-0.1, -0.05) is 58.3 Å². The number of hydroxylamine groups is 3. The van der Waals surface area contributed by atoms with E-state index in [0.717, 1.165) is 19.3 Å². The zero-order valence-electron chi connectivity index (χ0n) is 13.9. The van der Waals surface area contributed by atoms with Crippen LogP contribution in [0, 0.1) is 0 Å². The van der Waals surface area contributed by atoms with Crippen molar-refractivity contribution in [3.05, 3.63) is 0 Å². The molecule has 0 aromatic heterocycles. The molecule has 0 aromatic rings. The smallest absolute Gasteiger partial charge is 0.366 e. The molecule has 1 saturated heterocycles. The zero-order chi connectivity index (χ0) is 16.4. The van der Waals surface area contributed by atoms with E-state index in [2.05, 4.69) is 6.92 Å². The molecule has 0 spiro atoms. The van der Waals surface area contributed by atoms with Crippen molar-refractivity contribution in [2.24, 2.45) is 0 Å². The van der Waals surface area contributed by atoms with Gasteiger partial charge in [0, 0.05) is 12.8 Å². The molecular weight excluding hydrogens is 282 g/mol. The molecule has 0 aromatic carbocycles. The van der Waals surface area contributed by atoms with E-state index in [-0.39, 0.29) is 18.9 Å². The molecule has 1 unspecified atom stereocenters. The van der Waals surface area contributed by atoms with Crippen LogP contribution < -0.4 is 0 Å². The second-order valence-electron chi connectivity index (χ2n) is 6.52. The highest BCUT2D eigenvalue weighted by Crippen LogP contribution is 2.26. The number of carbonyl (C=O) groups excluding carboxylic acids is 1. The Hall–Kier alpha value is -0.940. The largest absolute Gasteiger partial charge is 0.477 e. The number of likely N-dealkylation sites (tertiary alicyclic amines) is 1. The third-order valence-corrected chi connectivity index (χ3v) is 4.70. The Balaban J connectivity index is 2.14. The summed E-state index contributed by atoms with van der Waals surface area (Å²) in [5.74, 6) is -1.40. The first-order chi connectivity index (χ1) is 10.5. The average molecular weight is 314 g/mol. The molecule has 1 aliphatic heterocycles. The second-order valence-corrected chi connectivity index (χ2v) is 6.52. The van der Waals surface area contributed by atoms with Gasteiger partial charge >= 0.3 is 11.9 Å². The van der Waals surface area contributed by atoms with Crippen molar-refractivity contribution < 1.29 is 24.5 Å². The van der Waals surface area contributed by atoms with Gasteiger partial charge in [0.15, 0.2) is 0 Å². The molecule has 1 amide bonds. The highest BCUT2D eigenvalue weighted by molar-refractivity contribution is 5.77. The summed E-state index contributed by atoms with van der Waals surface area (Å²) in [5.41, 5.74) is 0. The predicted molar refractivity (Wildman–Crippen MR) is 84.4 cm³/mol. The molecule has 1 heterocycles. The van der Waals surface area contributed by atoms with Gasteiger partial charge in [-0.3, -0.25) is 0 Å². The van der Waals surface area contributed by atoms with Gasteiger partial charge in [0.2, 0.25) is 6.04 Å². The summed E-state index contributed by atoms with van der Waals surface area (Å²) < 4.78 is -0.883. The molecule has 128 valence electrons. The summed E-state index contributed by atoms with van der Waals surface area (Å²) in [6, 6.07) is -0.967. The van der Waals surface area contributed by atoms with E-state index in [1.54, 1.807) is 0 Å². The van der Waals surface area contributed by atoms with Crippen molar-refractivity contribution in [2.45, 2.75) is 90.0 Å². The molecule has 0 aliphatic carbocycles. The van der Waals surface area contributed by atoms with E-state index in [4.69, 9.17) is 5.11 Å². The highest BCUT2D eigenvalue weighted by Gasteiger charge is 2.51. The van der Waals surface area contributed by atoms with E-state index < -0.39 is 16.7 Å². The molecule has 0 saturated carbocycles. The molecular formula is C17H32NO4+. The molecule has 5 heteroatoms. The van der Waals surface area contributed by atoms with Crippen LogP contribution in [0.25, 0.3) is 0 Å². The molecule has 5 nitrogen and oxygen atoms in total. The van der Waals surface area contributed by atoms with Crippen molar-refractivity contribution in [2.75, 3.05) is 6.54 Å². The van der Waals surface area contributed by atoms with Crippen molar-refractivity contribution in [3.63, 3.8) is 0 Å². The number of carbonyl (C=O) groups is 2. The molecule has 1 fully saturated rings. The van der Waals surface area contributed by atoms with Gasteiger partial charge in [0.1, 0.15) is 6.54 Å². The van der Waals surface area contributed by atoms with Gasteiger partial charge in [0.05, 0.1) is 6.42 Å². The summed E-state index contributed by atoms with van der Waals surface area (Å²) >= 11 is 0. The quantitative estimate of drug-likeness (QED) is 0.345. The minimum atomic E-state index is -1.07. The fraction of sp³-hybridized carbons (Fsp3) is 0.882. The first-order valence-electron chi connectivity index (χ1n) is 8.89. The highest BCUT2D eigenvalue weighted by atomic mass is 16.6. The topological polar surface area (TPSA) is 74.6 Å². The number of aliphatic carboxylic acids is 1. The van der Waals surface area contributed by atoms with Crippen LogP contribution in [0.3, 0.4) is 0 Å². The normalized spacial score (nSPS) is 24.5. The Kier molecular flexibility index (Phi) is 8.64. The lowest BCUT2D eigenvalue weighted by Crippen LogP contribution is -2.56. The number of nitrogens with zero attached hydrogens (tertiary/aromatic N) is 1. The Morgan fingerprint density at radius 2 is 1.55 bits per heavy atom. The second kappa shape index (κ2) is 9.95. The standard InChI is InChI=1S/C17H31NO4/c1-2-3-4-5-6-7-8-9-10-13-16(19)18(22)14-11-12-15(18)17(20)21/h15,22H,2-14H2,1H3/p+1/t15-,18?/m0/s1. The molecule has 0 radical (unpaired) electrons. The van der Waals surface area contributed by atoms with E-state index >= 15 is 0 Å². The lowest BCUT2D eigenvalue weighted by Gasteiger charge is -2.26. The van der Waals surface area contributed by atoms with Gasteiger partial charge < -0.3 is 5.11 Å². The fourth-order valence-electron chi connectivity index (χ4n) is 3.28. The summed E-state index contributed by atoms with van der Waals surface area (Å²) in [5, 5.41) is 19.4. The van der Waals surface area contributed by atoms with Gasteiger partial charge in [-0.15, -0.1) is 4.65 Å². The van der Waals surface area contributed by atoms with Gasteiger partial charge in [-0.05, 0) is 6.42 Å². The number of hydrogen-bond acceptors (Lipinski definition) is 3. The lowest BCUT2D eigenvalue weighted by atomic mass is 10.1. The third-order valence-electron chi connectivity index (χ3n) is 4.70. The minimum Gasteiger partial charge on any atom is -0.477 e. The minimum absolute atomic E-state index is 0.243. The third kappa shape index (κ3) is 5.69. The number of amides is 1. The number of unbranched alkanes of at least 4 members (excludes halogenated alkanes) is 8.